The third kappa shape index (κ3) is 3.25. The monoisotopic (exact) mass is 337 g/mol. The molecule has 0 aliphatic heterocycles. The second-order valence-corrected chi connectivity index (χ2v) is 5.49. The number of carbonyl (C=O) groups excluding carboxylic acids is 1. The van der Waals surface area contributed by atoms with Crippen LogP contribution in [0.1, 0.15) is 28.6 Å². The Labute approximate surface area is 143 Å². The number of hydrogen-bond acceptors (Lipinski definition) is 5. The molecule has 2 aromatic carbocycles. The Morgan fingerprint density at radius 1 is 1.16 bits per heavy atom. The highest BCUT2D eigenvalue weighted by Gasteiger charge is 2.17. The number of non-ortho nitro benzene ring substituents is 1. The number of hydrogen-bond donors (Lipinski definition) is 1. The van der Waals surface area contributed by atoms with Gasteiger partial charge in [-0.1, -0.05) is 18.2 Å². The van der Waals surface area contributed by atoms with Gasteiger partial charge in [-0.15, -0.1) is 0 Å². The summed E-state index contributed by atoms with van der Waals surface area (Å²) in [6.07, 6.45) is 0. The zero-order valence-corrected chi connectivity index (χ0v) is 13.6. The van der Waals surface area contributed by atoms with E-state index >= 15 is 0 Å². The van der Waals surface area contributed by atoms with Gasteiger partial charge in [-0.25, -0.2) is 5.43 Å². The molecule has 7 heteroatoms. The summed E-state index contributed by atoms with van der Waals surface area (Å²) in [6.45, 7) is 3.51. The Hall–Kier alpha value is -3.48. The Bertz CT molecular complexity index is 987. The Morgan fingerprint density at radius 3 is 2.48 bits per heavy atom. The van der Waals surface area contributed by atoms with Gasteiger partial charge in [0, 0.05) is 23.1 Å². The standard InChI is InChI=1S/C18H15N3O4/c1-11-15-5-3-4-6-16(15)25-17(11)18(22)20-19-12(2)13-7-9-14(10-8-13)21(23)24/h3-10H,1-2H3,(H,20,22)/b19-12-. The van der Waals surface area contributed by atoms with Crippen molar-refractivity contribution < 1.29 is 14.1 Å². The predicted octanol–water partition coefficient (Wildman–Crippen LogP) is 3.80. The fourth-order valence-corrected chi connectivity index (χ4v) is 2.47. The number of para-hydroxylation sites is 1. The summed E-state index contributed by atoms with van der Waals surface area (Å²) < 4.78 is 5.58. The number of nitrogens with one attached hydrogen (secondary N) is 1. The van der Waals surface area contributed by atoms with Crippen LogP contribution in [0.25, 0.3) is 11.0 Å². The summed E-state index contributed by atoms with van der Waals surface area (Å²) in [5.74, 6) is -0.239. The van der Waals surface area contributed by atoms with E-state index in [-0.39, 0.29) is 11.4 Å². The first-order valence-electron chi connectivity index (χ1n) is 7.55. The molecule has 1 heterocycles. The minimum Gasteiger partial charge on any atom is -0.451 e. The van der Waals surface area contributed by atoms with E-state index in [0.29, 0.717) is 16.9 Å². The van der Waals surface area contributed by atoms with E-state index in [1.54, 1.807) is 25.1 Å². The molecule has 0 spiro atoms. The number of furan rings is 1. The van der Waals surface area contributed by atoms with Crippen LogP contribution in [0.2, 0.25) is 0 Å². The molecule has 0 aliphatic rings. The molecule has 3 aromatic rings. The molecule has 0 atom stereocenters. The number of fused-ring (bicyclic) bond motifs is 1. The number of rotatable bonds is 4. The number of carbonyl (C=O) groups is 1. The summed E-state index contributed by atoms with van der Waals surface area (Å²) in [4.78, 5) is 22.5. The van der Waals surface area contributed by atoms with Gasteiger partial charge in [0.15, 0.2) is 5.76 Å². The number of nitro benzene ring substituents is 1. The molecule has 1 amide bonds. The third-order valence-corrected chi connectivity index (χ3v) is 3.87. The lowest BCUT2D eigenvalue weighted by atomic mass is 10.1. The van der Waals surface area contributed by atoms with Crippen LogP contribution in [-0.4, -0.2) is 16.5 Å². The number of amides is 1. The number of benzene rings is 2. The van der Waals surface area contributed by atoms with E-state index in [0.717, 1.165) is 10.9 Å². The maximum absolute atomic E-state index is 12.3. The topological polar surface area (TPSA) is 97.7 Å². The van der Waals surface area contributed by atoms with Crippen LogP contribution in [0.4, 0.5) is 5.69 Å². The van der Waals surface area contributed by atoms with Gasteiger partial charge in [0.05, 0.1) is 10.6 Å². The first-order valence-corrected chi connectivity index (χ1v) is 7.55. The first kappa shape index (κ1) is 16.4. The molecule has 0 bridgehead atoms. The molecule has 25 heavy (non-hydrogen) atoms. The average Bonchev–Trinajstić information content (AvgIpc) is 2.96. The molecule has 0 saturated carbocycles. The summed E-state index contributed by atoms with van der Waals surface area (Å²) in [6, 6.07) is 13.3. The van der Waals surface area contributed by atoms with Gasteiger partial charge in [-0.05, 0) is 37.6 Å². The molecular formula is C18H15N3O4. The van der Waals surface area contributed by atoms with Gasteiger partial charge in [0.1, 0.15) is 5.58 Å². The molecular weight excluding hydrogens is 322 g/mol. The van der Waals surface area contributed by atoms with Crippen molar-refractivity contribution in [3.05, 3.63) is 75.5 Å². The molecule has 0 fully saturated rings. The minimum atomic E-state index is -0.470. The Kier molecular flexibility index (Phi) is 4.30. The predicted molar refractivity (Wildman–Crippen MR) is 93.7 cm³/mol. The Morgan fingerprint density at radius 2 is 1.84 bits per heavy atom. The maximum atomic E-state index is 12.3. The van der Waals surface area contributed by atoms with Crippen molar-refractivity contribution in [1.29, 1.82) is 0 Å². The molecule has 0 radical (unpaired) electrons. The summed E-state index contributed by atoms with van der Waals surface area (Å²) in [5.41, 5.74) is 5.04. The van der Waals surface area contributed by atoms with Crippen LogP contribution in [0.3, 0.4) is 0 Å². The van der Waals surface area contributed by atoms with Crippen molar-refractivity contribution in [1.82, 2.24) is 5.43 Å². The van der Waals surface area contributed by atoms with Crippen LogP contribution in [-0.2, 0) is 0 Å². The van der Waals surface area contributed by atoms with Crippen LogP contribution in [0.15, 0.2) is 58.0 Å². The lowest BCUT2D eigenvalue weighted by molar-refractivity contribution is -0.384. The first-order chi connectivity index (χ1) is 12.0. The molecule has 0 saturated heterocycles. The number of nitro groups is 1. The van der Waals surface area contributed by atoms with E-state index in [2.05, 4.69) is 10.5 Å². The number of hydrazone groups is 1. The minimum absolute atomic E-state index is 0.00140. The molecule has 1 aromatic heterocycles. The SMILES string of the molecule is C/C(=N/NC(=O)c1oc2ccccc2c1C)c1ccc([N+](=O)[O-])cc1. The average molecular weight is 337 g/mol. The van der Waals surface area contributed by atoms with E-state index in [9.17, 15) is 14.9 Å². The normalized spacial score (nSPS) is 11.5. The van der Waals surface area contributed by atoms with Gasteiger partial charge in [-0.2, -0.15) is 5.10 Å². The second-order valence-electron chi connectivity index (χ2n) is 5.49. The van der Waals surface area contributed by atoms with E-state index < -0.39 is 10.8 Å². The van der Waals surface area contributed by atoms with Crippen molar-refractivity contribution in [2.75, 3.05) is 0 Å². The molecule has 3 rings (SSSR count). The zero-order chi connectivity index (χ0) is 18.0. The van der Waals surface area contributed by atoms with Crippen molar-refractivity contribution in [2.45, 2.75) is 13.8 Å². The highest BCUT2D eigenvalue weighted by Crippen LogP contribution is 2.24. The van der Waals surface area contributed by atoms with Gasteiger partial charge >= 0.3 is 5.91 Å². The quantitative estimate of drug-likeness (QED) is 0.445. The smallest absolute Gasteiger partial charge is 0.307 e. The summed E-state index contributed by atoms with van der Waals surface area (Å²) in [5, 5.41) is 15.6. The van der Waals surface area contributed by atoms with Crippen molar-refractivity contribution in [2.24, 2.45) is 5.10 Å². The molecule has 7 nitrogen and oxygen atoms in total. The lowest BCUT2D eigenvalue weighted by Crippen LogP contribution is -2.19. The van der Waals surface area contributed by atoms with Crippen LogP contribution in [0.5, 0.6) is 0 Å². The Balaban J connectivity index is 1.78. The van der Waals surface area contributed by atoms with Crippen molar-refractivity contribution in [3.63, 3.8) is 0 Å². The maximum Gasteiger partial charge on any atom is 0.307 e. The van der Waals surface area contributed by atoms with E-state index in [4.69, 9.17) is 4.42 Å². The largest absolute Gasteiger partial charge is 0.451 e. The molecule has 1 N–H and O–H groups in total. The van der Waals surface area contributed by atoms with Crippen molar-refractivity contribution in [3.8, 4) is 0 Å². The third-order valence-electron chi connectivity index (χ3n) is 3.87. The summed E-state index contributed by atoms with van der Waals surface area (Å²) in [7, 11) is 0. The van der Waals surface area contributed by atoms with E-state index in [1.807, 2.05) is 25.1 Å². The van der Waals surface area contributed by atoms with Gasteiger partial charge in [-0.3, -0.25) is 14.9 Å². The highest BCUT2D eigenvalue weighted by atomic mass is 16.6. The van der Waals surface area contributed by atoms with Crippen molar-refractivity contribution >= 4 is 28.3 Å². The molecule has 0 unspecified atom stereocenters. The van der Waals surface area contributed by atoms with Crippen LogP contribution < -0.4 is 5.43 Å². The van der Waals surface area contributed by atoms with Gasteiger partial charge in [0.25, 0.3) is 5.69 Å². The lowest BCUT2D eigenvalue weighted by Gasteiger charge is -2.02. The summed E-state index contributed by atoms with van der Waals surface area (Å²) >= 11 is 0. The number of nitrogens with zero attached hydrogens (tertiary/aromatic N) is 2. The van der Waals surface area contributed by atoms with Crippen LogP contribution >= 0.6 is 0 Å². The highest BCUT2D eigenvalue weighted by molar-refractivity contribution is 6.02. The second kappa shape index (κ2) is 6.56. The molecule has 0 aliphatic carbocycles. The zero-order valence-electron chi connectivity index (χ0n) is 13.6. The van der Waals surface area contributed by atoms with Gasteiger partial charge < -0.3 is 4.42 Å². The fourth-order valence-electron chi connectivity index (χ4n) is 2.47. The van der Waals surface area contributed by atoms with Crippen LogP contribution in [0, 0.1) is 17.0 Å². The molecule has 126 valence electrons. The fraction of sp³-hybridized carbons (Fsp3) is 0.111. The number of aryl methyl sites for hydroxylation is 1. The van der Waals surface area contributed by atoms with E-state index in [1.165, 1.54) is 12.1 Å². The van der Waals surface area contributed by atoms with Gasteiger partial charge in [0.2, 0.25) is 0 Å².